The Balaban J connectivity index is 4.61. The summed E-state index contributed by atoms with van der Waals surface area (Å²) in [6, 6.07) is -1.24. The number of nitrogens with two attached hydrogens (primary N) is 1. The summed E-state index contributed by atoms with van der Waals surface area (Å²) in [5.41, 5.74) is 5.28. The number of nitrogens with one attached hydrogen (secondary N) is 1. The summed E-state index contributed by atoms with van der Waals surface area (Å²) in [7, 11) is 0. The molecule has 10 nitrogen and oxygen atoms in total. The van der Waals surface area contributed by atoms with Crippen LogP contribution in [-0.2, 0) is 9.59 Å². The Morgan fingerprint density at radius 1 is 1.09 bits per heavy atom. The van der Waals surface area contributed by atoms with Gasteiger partial charge >= 0.3 is 5.97 Å². The van der Waals surface area contributed by atoms with E-state index < -0.39 is 48.9 Å². The van der Waals surface area contributed by atoms with E-state index in [0.717, 1.165) is 0 Å². The number of rotatable bonds is 12. The van der Waals surface area contributed by atoms with Gasteiger partial charge in [0.1, 0.15) is 24.4 Å². The molecular formula is C12H24N2O8. The topological polar surface area (TPSA) is 194 Å². The van der Waals surface area contributed by atoms with Gasteiger partial charge in [0.25, 0.3) is 0 Å². The third-order valence-corrected chi connectivity index (χ3v) is 3.07. The van der Waals surface area contributed by atoms with Gasteiger partial charge in [0.15, 0.2) is 6.23 Å². The molecule has 0 aromatic rings. The van der Waals surface area contributed by atoms with Gasteiger partial charge in [-0.15, -0.1) is 0 Å². The molecule has 0 aliphatic carbocycles. The van der Waals surface area contributed by atoms with Gasteiger partial charge in [-0.1, -0.05) is 6.42 Å². The van der Waals surface area contributed by atoms with Gasteiger partial charge in [0, 0.05) is 0 Å². The van der Waals surface area contributed by atoms with Crippen LogP contribution in [0.4, 0.5) is 0 Å². The van der Waals surface area contributed by atoms with E-state index in [4.69, 9.17) is 21.1 Å². The molecule has 0 saturated carbocycles. The Bertz CT molecular complexity index is 354. The molecule has 0 aliphatic heterocycles. The summed E-state index contributed by atoms with van der Waals surface area (Å²) in [5.74, 6) is -2.61. The zero-order chi connectivity index (χ0) is 17.3. The maximum Gasteiger partial charge on any atom is 0.320 e. The van der Waals surface area contributed by atoms with Crippen molar-refractivity contribution >= 4 is 11.8 Å². The number of carbonyl (C=O) groups is 2. The van der Waals surface area contributed by atoms with E-state index in [9.17, 15) is 24.9 Å². The molecule has 22 heavy (non-hydrogen) atoms. The average molecular weight is 324 g/mol. The minimum atomic E-state index is -2.18. The summed E-state index contributed by atoms with van der Waals surface area (Å²) in [6.45, 7) is -0.524. The Kier molecular flexibility index (Phi) is 10.0. The molecule has 10 heteroatoms. The predicted octanol–water partition coefficient (Wildman–Crippen LogP) is -3.88. The quantitative estimate of drug-likeness (QED) is 0.130. The Morgan fingerprint density at radius 3 is 2.14 bits per heavy atom. The van der Waals surface area contributed by atoms with Gasteiger partial charge in [0.05, 0.1) is 6.61 Å². The fourth-order valence-corrected chi connectivity index (χ4v) is 1.69. The van der Waals surface area contributed by atoms with E-state index in [1.165, 1.54) is 0 Å². The lowest BCUT2D eigenvalue weighted by molar-refractivity contribution is -0.152. The van der Waals surface area contributed by atoms with Gasteiger partial charge in [0.2, 0.25) is 5.78 Å². The number of ketones is 1. The van der Waals surface area contributed by atoms with Gasteiger partial charge < -0.3 is 36.4 Å². The number of carboxylic acids is 1. The predicted molar refractivity (Wildman–Crippen MR) is 73.6 cm³/mol. The van der Waals surface area contributed by atoms with Crippen molar-refractivity contribution in [1.29, 1.82) is 0 Å². The molecule has 5 atom stereocenters. The van der Waals surface area contributed by atoms with E-state index in [2.05, 4.69) is 5.32 Å². The van der Waals surface area contributed by atoms with Crippen molar-refractivity contribution in [3.05, 3.63) is 0 Å². The van der Waals surface area contributed by atoms with Crippen molar-refractivity contribution in [3.8, 4) is 0 Å². The third-order valence-electron chi connectivity index (χ3n) is 3.07. The molecule has 0 spiro atoms. The van der Waals surface area contributed by atoms with Crippen molar-refractivity contribution in [3.63, 3.8) is 0 Å². The van der Waals surface area contributed by atoms with Crippen LogP contribution in [0.15, 0.2) is 0 Å². The van der Waals surface area contributed by atoms with Crippen LogP contribution in [0, 0.1) is 0 Å². The lowest BCUT2D eigenvalue weighted by atomic mass is 10.0. The summed E-state index contributed by atoms with van der Waals surface area (Å²) < 4.78 is 0. The van der Waals surface area contributed by atoms with Crippen LogP contribution in [-0.4, -0.2) is 86.1 Å². The van der Waals surface area contributed by atoms with Crippen LogP contribution in [0.5, 0.6) is 0 Å². The first-order chi connectivity index (χ1) is 10.3. The molecule has 0 aliphatic rings. The highest BCUT2D eigenvalue weighted by molar-refractivity contribution is 5.87. The van der Waals surface area contributed by atoms with Gasteiger partial charge in [-0.2, -0.15) is 0 Å². The fourth-order valence-electron chi connectivity index (χ4n) is 1.69. The second-order valence-corrected chi connectivity index (χ2v) is 4.83. The van der Waals surface area contributed by atoms with E-state index in [0.29, 0.717) is 19.4 Å². The van der Waals surface area contributed by atoms with Crippen molar-refractivity contribution in [2.75, 3.05) is 13.2 Å². The monoisotopic (exact) mass is 324 g/mol. The molecule has 0 radical (unpaired) electrons. The van der Waals surface area contributed by atoms with Gasteiger partial charge in [-0.25, -0.2) is 0 Å². The molecule has 1 unspecified atom stereocenters. The maximum atomic E-state index is 11.7. The van der Waals surface area contributed by atoms with Crippen LogP contribution in [0.2, 0.25) is 0 Å². The first kappa shape index (κ1) is 20.9. The van der Waals surface area contributed by atoms with E-state index in [-0.39, 0.29) is 6.42 Å². The Labute approximate surface area is 127 Å². The molecule has 0 fully saturated rings. The largest absolute Gasteiger partial charge is 0.480 e. The SMILES string of the molecule is NCCCC[C@H](NC(O)C(=O)[C@@H](O)[C@H](O)[C@H](O)CO)C(=O)O. The standard InChI is InChI=1S/C12H24N2O8/c13-4-2-1-3-6(12(21)22)14-11(20)10(19)9(18)8(17)7(16)5-15/h6-9,11,14-18,20H,1-5,13H2,(H,21,22)/t6-,7+,8+,9-,11?/m0/s1. The zero-order valence-corrected chi connectivity index (χ0v) is 12.0. The molecule has 0 saturated heterocycles. The number of hydrogen-bond acceptors (Lipinski definition) is 9. The van der Waals surface area contributed by atoms with Crippen LogP contribution >= 0.6 is 0 Å². The van der Waals surface area contributed by atoms with Crippen LogP contribution < -0.4 is 11.1 Å². The summed E-state index contributed by atoms with van der Waals surface area (Å²) >= 11 is 0. The lowest BCUT2D eigenvalue weighted by Crippen LogP contribution is -2.54. The average Bonchev–Trinajstić information content (AvgIpc) is 2.50. The molecule has 0 aromatic carbocycles. The van der Waals surface area contributed by atoms with E-state index in [1.807, 2.05) is 0 Å². The molecule has 130 valence electrons. The minimum absolute atomic E-state index is 0.106. The second kappa shape index (κ2) is 10.6. The number of unbranched alkanes of at least 4 members (excludes halogenated alkanes) is 1. The summed E-state index contributed by atoms with van der Waals surface area (Å²) in [6.07, 6.45) is -6.87. The first-order valence-corrected chi connectivity index (χ1v) is 6.82. The van der Waals surface area contributed by atoms with Crippen molar-refractivity contribution in [2.24, 2.45) is 5.73 Å². The molecular weight excluding hydrogens is 300 g/mol. The van der Waals surface area contributed by atoms with Crippen LogP contribution in [0.1, 0.15) is 19.3 Å². The molecule has 0 rings (SSSR count). The van der Waals surface area contributed by atoms with Crippen molar-refractivity contribution < 1.29 is 40.2 Å². The van der Waals surface area contributed by atoms with Crippen molar-refractivity contribution in [2.45, 2.75) is 49.8 Å². The normalized spacial score (nSPS) is 18.3. The number of carbonyl (C=O) groups excluding carboxylic acids is 1. The summed E-state index contributed by atoms with van der Waals surface area (Å²) in [5, 5.41) is 57.3. The highest BCUT2D eigenvalue weighted by atomic mass is 16.4. The third kappa shape index (κ3) is 6.75. The first-order valence-electron chi connectivity index (χ1n) is 6.82. The molecule has 0 heterocycles. The highest BCUT2D eigenvalue weighted by Gasteiger charge is 2.35. The van der Waals surface area contributed by atoms with E-state index >= 15 is 0 Å². The fraction of sp³-hybridized carbons (Fsp3) is 0.833. The Hall–Kier alpha value is -1.14. The number of carboxylic acid groups (broad SMARTS) is 1. The number of aliphatic hydroxyl groups is 5. The maximum absolute atomic E-state index is 11.7. The number of Topliss-reactive ketones (excluding diaryl/α,β-unsaturated/α-hetero) is 1. The van der Waals surface area contributed by atoms with Crippen LogP contribution in [0.3, 0.4) is 0 Å². The van der Waals surface area contributed by atoms with E-state index in [1.54, 1.807) is 0 Å². The number of hydrogen-bond donors (Lipinski definition) is 8. The van der Waals surface area contributed by atoms with Crippen LogP contribution in [0.25, 0.3) is 0 Å². The highest BCUT2D eigenvalue weighted by Crippen LogP contribution is 2.06. The smallest absolute Gasteiger partial charge is 0.320 e. The van der Waals surface area contributed by atoms with Crippen molar-refractivity contribution in [1.82, 2.24) is 5.32 Å². The number of aliphatic carboxylic acids is 1. The molecule has 0 bridgehead atoms. The molecule has 0 amide bonds. The minimum Gasteiger partial charge on any atom is -0.480 e. The Morgan fingerprint density at radius 2 is 1.68 bits per heavy atom. The lowest BCUT2D eigenvalue weighted by Gasteiger charge is -2.24. The number of aliphatic hydroxyl groups excluding tert-OH is 5. The summed E-state index contributed by atoms with van der Waals surface area (Å²) in [4.78, 5) is 22.7. The van der Waals surface area contributed by atoms with Gasteiger partial charge in [-0.05, 0) is 19.4 Å². The van der Waals surface area contributed by atoms with Gasteiger partial charge in [-0.3, -0.25) is 14.9 Å². The molecule has 9 N–H and O–H groups in total. The molecule has 0 aromatic heterocycles. The second-order valence-electron chi connectivity index (χ2n) is 4.83. The zero-order valence-electron chi connectivity index (χ0n) is 12.0.